The van der Waals surface area contributed by atoms with E-state index in [0.717, 1.165) is 17.0 Å². The van der Waals surface area contributed by atoms with Crippen molar-refractivity contribution in [1.29, 1.82) is 0 Å². The van der Waals surface area contributed by atoms with Crippen molar-refractivity contribution < 1.29 is 4.84 Å². The first-order chi connectivity index (χ1) is 7.40. The van der Waals surface area contributed by atoms with E-state index >= 15 is 0 Å². The van der Waals surface area contributed by atoms with E-state index in [4.69, 9.17) is 5.90 Å². The Kier molecular flexibility index (Phi) is 2.96. The van der Waals surface area contributed by atoms with Crippen molar-refractivity contribution in [2.24, 2.45) is 5.90 Å². The van der Waals surface area contributed by atoms with Gasteiger partial charge in [0.1, 0.15) is 12.9 Å². The maximum absolute atomic E-state index is 4.98. The Hall–Kier alpha value is -1.85. The summed E-state index contributed by atoms with van der Waals surface area (Å²) >= 11 is 0. The first kappa shape index (κ1) is 9.70. The Labute approximate surface area is 86.9 Å². The van der Waals surface area contributed by atoms with Crippen LogP contribution in [-0.4, -0.2) is 15.0 Å². The number of pyridine rings is 1. The molecular weight excluding hydrogens is 192 g/mol. The maximum Gasteiger partial charge on any atom is 0.115 e. The van der Waals surface area contributed by atoms with Gasteiger partial charge in [0, 0.05) is 18.0 Å². The smallest absolute Gasteiger partial charge is 0.115 e. The minimum Gasteiger partial charge on any atom is -0.298 e. The molecule has 76 valence electrons. The minimum atomic E-state index is 0.293. The van der Waals surface area contributed by atoms with Gasteiger partial charge in [0.15, 0.2) is 0 Å². The molecule has 0 saturated carbocycles. The molecule has 0 aromatic carbocycles. The molecule has 2 rings (SSSR count). The molecule has 0 saturated heterocycles. The molecule has 2 aromatic heterocycles. The van der Waals surface area contributed by atoms with Gasteiger partial charge in [-0.1, -0.05) is 6.07 Å². The van der Waals surface area contributed by atoms with Crippen LogP contribution >= 0.6 is 0 Å². The lowest BCUT2D eigenvalue weighted by Gasteiger charge is -2.02. The number of rotatable bonds is 3. The van der Waals surface area contributed by atoms with Crippen molar-refractivity contribution in [1.82, 2.24) is 15.0 Å². The largest absolute Gasteiger partial charge is 0.298 e. The molecule has 0 fully saturated rings. The topological polar surface area (TPSA) is 73.9 Å². The second kappa shape index (κ2) is 4.59. The zero-order chi connectivity index (χ0) is 10.5. The second-order valence-corrected chi connectivity index (χ2v) is 2.95. The van der Waals surface area contributed by atoms with Gasteiger partial charge < -0.3 is 0 Å². The number of hydrogen-bond acceptors (Lipinski definition) is 5. The lowest BCUT2D eigenvalue weighted by molar-refractivity contribution is 0.121. The molecule has 0 atom stereocenters. The van der Waals surface area contributed by atoms with Crippen molar-refractivity contribution in [3.63, 3.8) is 0 Å². The molecule has 2 aromatic rings. The van der Waals surface area contributed by atoms with Gasteiger partial charge >= 0.3 is 0 Å². The van der Waals surface area contributed by atoms with Crippen LogP contribution in [0.2, 0.25) is 0 Å². The highest BCUT2D eigenvalue weighted by atomic mass is 16.6. The summed E-state index contributed by atoms with van der Waals surface area (Å²) in [6.45, 7) is 0.293. The van der Waals surface area contributed by atoms with Crippen LogP contribution in [0.25, 0.3) is 11.3 Å². The molecule has 0 bridgehead atoms. The van der Waals surface area contributed by atoms with Gasteiger partial charge in [-0.05, 0) is 12.1 Å². The van der Waals surface area contributed by atoms with Crippen LogP contribution < -0.4 is 5.90 Å². The molecule has 5 heteroatoms. The Bertz CT molecular complexity index is 432. The normalized spacial score (nSPS) is 10.2. The first-order valence-corrected chi connectivity index (χ1v) is 4.43. The predicted octanol–water partition coefficient (Wildman–Crippen LogP) is 0.929. The quantitative estimate of drug-likeness (QED) is 0.749. The summed E-state index contributed by atoms with van der Waals surface area (Å²) in [5.41, 5.74) is 2.46. The maximum atomic E-state index is 4.98. The van der Waals surface area contributed by atoms with Crippen molar-refractivity contribution >= 4 is 0 Å². The molecule has 0 unspecified atom stereocenters. The average molecular weight is 202 g/mol. The van der Waals surface area contributed by atoms with E-state index in [2.05, 4.69) is 19.8 Å². The molecule has 0 amide bonds. The standard InChI is InChI=1S/C10H10N4O/c11-15-6-9-2-1-3-10(14-9)8-4-12-7-13-5-8/h1-5,7H,6,11H2. The monoisotopic (exact) mass is 202 g/mol. The second-order valence-electron chi connectivity index (χ2n) is 2.95. The molecule has 0 spiro atoms. The van der Waals surface area contributed by atoms with E-state index < -0.39 is 0 Å². The van der Waals surface area contributed by atoms with Crippen LogP contribution in [0, 0.1) is 0 Å². The van der Waals surface area contributed by atoms with Gasteiger partial charge in [0.2, 0.25) is 0 Å². The number of hydrogen-bond donors (Lipinski definition) is 1. The Morgan fingerprint density at radius 1 is 1.20 bits per heavy atom. The Balaban J connectivity index is 2.33. The third kappa shape index (κ3) is 2.34. The number of aromatic nitrogens is 3. The summed E-state index contributed by atoms with van der Waals surface area (Å²) in [5, 5.41) is 0. The fraction of sp³-hybridized carbons (Fsp3) is 0.100. The van der Waals surface area contributed by atoms with Crippen molar-refractivity contribution in [3.05, 3.63) is 42.6 Å². The molecule has 0 aliphatic heterocycles. The van der Waals surface area contributed by atoms with Crippen LogP contribution in [0.15, 0.2) is 36.9 Å². The minimum absolute atomic E-state index is 0.293. The zero-order valence-corrected chi connectivity index (χ0v) is 8.00. The summed E-state index contributed by atoms with van der Waals surface area (Å²) < 4.78 is 0. The molecule has 5 nitrogen and oxygen atoms in total. The lowest BCUT2D eigenvalue weighted by Crippen LogP contribution is -2.01. The zero-order valence-electron chi connectivity index (χ0n) is 8.00. The van der Waals surface area contributed by atoms with E-state index in [9.17, 15) is 0 Å². The molecule has 0 aliphatic rings. The number of nitrogens with zero attached hydrogens (tertiary/aromatic N) is 3. The highest BCUT2D eigenvalue weighted by Crippen LogP contribution is 2.14. The average Bonchev–Trinajstić information content (AvgIpc) is 2.31. The number of nitrogens with two attached hydrogens (primary N) is 1. The summed E-state index contributed by atoms with van der Waals surface area (Å²) in [6, 6.07) is 5.63. The molecule has 2 N–H and O–H groups in total. The van der Waals surface area contributed by atoms with Gasteiger partial charge in [0.25, 0.3) is 0 Å². The van der Waals surface area contributed by atoms with Gasteiger partial charge in [-0.15, -0.1) is 0 Å². The fourth-order valence-electron chi connectivity index (χ4n) is 1.24. The highest BCUT2D eigenvalue weighted by molar-refractivity contribution is 5.56. The lowest BCUT2D eigenvalue weighted by atomic mass is 10.2. The van der Waals surface area contributed by atoms with Crippen LogP contribution in [0.3, 0.4) is 0 Å². The fourth-order valence-corrected chi connectivity index (χ4v) is 1.24. The summed E-state index contributed by atoms with van der Waals surface area (Å²) in [7, 11) is 0. The highest BCUT2D eigenvalue weighted by Gasteiger charge is 2.00. The summed E-state index contributed by atoms with van der Waals surface area (Å²) in [4.78, 5) is 16.7. The predicted molar refractivity (Wildman–Crippen MR) is 54.2 cm³/mol. The molecule has 15 heavy (non-hydrogen) atoms. The van der Waals surface area contributed by atoms with Crippen LogP contribution in [0.1, 0.15) is 5.69 Å². The van der Waals surface area contributed by atoms with Crippen LogP contribution in [0.4, 0.5) is 0 Å². The van der Waals surface area contributed by atoms with Crippen molar-refractivity contribution in [2.45, 2.75) is 6.61 Å². The Morgan fingerprint density at radius 2 is 2.00 bits per heavy atom. The first-order valence-electron chi connectivity index (χ1n) is 4.43. The van der Waals surface area contributed by atoms with Crippen LogP contribution in [0.5, 0.6) is 0 Å². The van der Waals surface area contributed by atoms with Gasteiger partial charge in [-0.2, -0.15) is 0 Å². The SMILES string of the molecule is NOCc1cccc(-c2cncnc2)n1. The van der Waals surface area contributed by atoms with E-state index in [0.29, 0.717) is 6.61 Å². The summed E-state index contributed by atoms with van der Waals surface area (Å²) in [6.07, 6.45) is 4.90. The van der Waals surface area contributed by atoms with E-state index in [1.54, 1.807) is 12.4 Å². The molecule has 0 radical (unpaired) electrons. The van der Waals surface area contributed by atoms with Gasteiger partial charge in [-0.3, -0.25) is 9.82 Å². The van der Waals surface area contributed by atoms with E-state index in [-0.39, 0.29) is 0 Å². The van der Waals surface area contributed by atoms with E-state index in [1.165, 1.54) is 6.33 Å². The van der Waals surface area contributed by atoms with Crippen molar-refractivity contribution in [3.8, 4) is 11.3 Å². The molecular formula is C10H10N4O. The Morgan fingerprint density at radius 3 is 2.73 bits per heavy atom. The third-order valence-corrected chi connectivity index (χ3v) is 1.89. The van der Waals surface area contributed by atoms with Gasteiger partial charge in [0.05, 0.1) is 11.4 Å². The van der Waals surface area contributed by atoms with E-state index in [1.807, 2.05) is 18.2 Å². The molecule has 0 aliphatic carbocycles. The third-order valence-electron chi connectivity index (χ3n) is 1.89. The van der Waals surface area contributed by atoms with Gasteiger partial charge in [-0.25, -0.2) is 15.9 Å². The van der Waals surface area contributed by atoms with Crippen molar-refractivity contribution in [2.75, 3.05) is 0 Å². The summed E-state index contributed by atoms with van der Waals surface area (Å²) in [5.74, 6) is 4.98. The molecule has 2 heterocycles. The van der Waals surface area contributed by atoms with Crippen LogP contribution in [-0.2, 0) is 11.4 Å².